The standard InChI is InChI=1S/C27H29FN4O4/c28-22-4-2-1-3-21(22)23-9-6-19(16-30-23)27(31-25(33)17-32-11-13-35-14-12-32)15-18(26(29)34)5-10-24(27)36-20-7-8-20/h1-6,9-10,16,20H,7-8,11-15,17H2,(H2,29,34)(H,31,33). The minimum Gasteiger partial charge on any atom is -0.492 e. The van der Waals surface area contributed by atoms with Crippen molar-refractivity contribution in [2.24, 2.45) is 5.73 Å². The second-order valence-electron chi connectivity index (χ2n) is 9.34. The van der Waals surface area contributed by atoms with E-state index in [1.807, 2.05) is 4.90 Å². The van der Waals surface area contributed by atoms with Crippen molar-refractivity contribution in [1.29, 1.82) is 0 Å². The van der Waals surface area contributed by atoms with E-state index in [0.29, 0.717) is 54.5 Å². The van der Waals surface area contributed by atoms with Gasteiger partial charge in [0.25, 0.3) is 0 Å². The first-order valence-electron chi connectivity index (χ1n) is 12.1. The first-order chi connectivity index (χ1) is 17.4. The first kappa shape index (κ1) is 24.1. The van der Waals surface area contributed by atoms with Gasteiger partial charge >= 0.3 is 0 Å². The van der Waals surface area contributed by atoms with Crippen LogP contribution in [-0.4, -0.2) is 60.7 Å². The smallest absolute Gasteiger partial charge is 0.244 e. The molecule has 0 radical (unpaired) electrons. The highest BCUT2D eigenvalue weighted by atomic mass is 19.1. The molecule has 1 aromatic heterocycles. The molecule has 2 aromatic rings. The number of aromatic nitrogens is 1. The summed E-state index contributed by atoms with van der Waals surface area (Å²) in [6.07, 6.45) is 6.98. The Kier molecular flexibility index (Phi) is 6.84. The van der Waals surface area contributed by atoms with Crippen LogP contribution in [-0.2, 0) is 24.6 Å². The van der Waals surface area contributed by atoms with Crippen LogP contribution in [0.15, 0.2) is 66.1 Å². The summed E-state index contributed by atoms with van der Waals surface area (Å²) < 4.78 is 26.0. The van der Waals surface area contributed by atoms with Gasteiger partial charge in [0.1, 0.15) is 17.1 Å². The van der Waals surface area contributed by atoms with E-state index >= 15 is 0 Å². The molecule has 0 bridgehead atoms. The zero-order valence-electron chi connectivity index (χ0n) is 19.9. The molecule has 2 fully saturated rings. The van der Waals surface area contributed by atoms with E-state index in [-0.39, 0.29) is 30.8 Å². The Labute approximate surface area is 209 Å². The SMILES string of the molecule is NC(=O)C1=CC=C(OC2CC2)C(NC(=O)CN2CCOCC2)(c2ccc(-c3ccccc3F)nc2)C1. The Bertz CT molecular complexity index is 1200. The van der Waals surface area contributed by atoms with Crippen LogP contribution < -0.4 is 11.1 Å². The molecule has 1 saturated carbocycles. The molecule has 188 valence electrons. The molecule has 1 aromatic carbocycles. The van der Waals surface area contributed by atoms with Gasteiger partial charge in [-0.15, -0.1) is 0 Å². The maximum Gasteiger partial charge on any atom is 0.244 e. The minimum absolute atomic E-state index is 0.0564. The topological polar surface area (TPSA) is 107 Å². The molecule has 1 atom stereocenters. The van der Waals surface area contributed by atoms with Gasteiger partial charge in [-0.2, -0.15) is 0 Å². The summed E-state index contributed by atoms with van der Waals surface area (Å²) in [7, 11) is 0. The number of halogens is 1. The van der Waals surface area contributed by atoms with Crippen molar-refractivity contribution in [2.75, 3.05) is 32.8 Å². The molecule has 3 N–H and O–H groups in total. The summed E-state index contributed by atoms with van der Waals surface area (Å²) >= 11 is 0. The van der Waals surface area contributed by atoms with Crippen LogP contribution in [0.2, 0.25) is 0 Å². The number of amides is 2. The van der Waals surface area contributed by atoms with E-state index < -0.39 is 11.4 Å². The molecule has 2 amide bonds. The van der Waals surface area contributed by atoms with Crippen LogP contribution in [0.1, 0.15) is 24.8 Å². The van der Waals surface area contributed by atoms with Crippen molar-refractivity contribution in [3.63, 3.8) is 0 Å². The third-order valence-electron chi connectivity index (χ3n) is 6.68. The molecule has 1 aliphatic heterocycles. The number of allylic oxidation sites excluding steroid dienone is 2. The number of ether oxygens (including phenoxy) is 2. The molecule has 1 saturated heterocycles. The molecular formula is C27H29FN4O4. The van der Waals surface area contributed by atoms with E-state index in [4.69, 9.17) is 15.2 Å². The second kappa shape index (κ2) is 10.2. The van der Waals surface area contributed by atoms with Gasteiger partial charge in [0.05, 0.1) is 31.6 Å². The van der Waals surface area contributed by atoms with Gasteiger partial charge in [0.2, 0.25) is 11.8 Å². The molecule has 3 aliphatic rings. The van der Waals surface area contributed by atoms with Gasteiger partial charge in [-0.1, -0.05) is 24.3 Å². The van der Waals surface area contributed by atoms with E-state index in [9.17, 15) is 14.0 Å². The summed E-state index contributed by atoms with van der Waals surface area (Å²) in [5, 5.41) is 3.16. The number of carbonyl (C=O) groups excluding carboxylic acids is 2. The molecule has 2 aliphatic carbocycles. The predicted octanol–water partition coefficient (Wildman–Crippen LogP) is 2.41. The van der Waals surface area contributed by atoms with Gasteiger partial charge < -0.3 is 20.5 Å². The second-order valence-corrected chi connectivity index (χ2v) is 9.34. The minimum atomic E-state index is -1.17. The fourth-order valence-corrected chi connectivity index (χ4v) is 4.56. The number of nitrogens with one attached hydrogen (secondary N) is 1. The van der Waals surface area contributed by atoms with Gasteiger partial charge in [-0.05, 0) is 37.1 Å². The van der Waals surface area contributed by atoms with Crippen molar-refractivity contribution in [3.05, 3.63) is 77.5 Å². The zero-order chi connectivity index (χ0) is 25.1. The average Bonchev–Trinajstić information content (AvgIpc) is 3.70. The fraction of sp³-hybridized carbons (Fsp3) is 0.370. The van der Waals surface area contributed by atoms with Crippen molar-refractivity contribution in [3.8, 4) is 11.3 Å². The number of primary amides is 1. The Morgan fingerprint density at radius 3 is 2.61 bits per heavy atom. The fourth-order valence-electron chi connectivity index (χ4n) is 4.56. The number of benzene rings is 1. The van der Waals surface area contributed by atoms with Gasteiger partial charge in [0.15, 0.2) is 0 Å². The Morgan fingerprint density at radius 1 is 1.17 bits per heavy atom. The Hall–Kier alpha value is -3.56. The van der Waals surface area contributed by atoms with Crippen LogP contribution in [0.4, 0.5) is 4.39 Å². The van der Waals surface area contributed by atoms with E-state index in [0.717, 1.165) is 12.8 Å². The van der Waals surface area contributed by atoms with E-state index in [1.54, 1.807) is 48.7 Å². The molecule has 9 heteroatoms. The highest BCUT2D eigenvalue weighted by Gasteiger charge is 2.45. The lowest BCUT2D eigenvalue weighted by molar-refractivity contribution is -0.126. The highest BCUT2D eigenvalue weighted by Crippen LogP contribution is 2.42. The predicted molar refractivity (Wildman–Crippen MR) is 131 cm³/mol. The number of hydrogen-bond acceptors (Lipinski definition) is 6. The monoisotopic (exact) mass is 492 g/mol. The number of pyridine rings is 1. The lowest BCUT2D eigenvalue weighted by Crippen LogP contribution is -2.53. The molecule has 0 spiro atoms. The number of nitrogens with zero attached hydrogens (tertiary/aromatic N) is 2. The van der Waals surface area contributed by atoms with Crippen molar-refractivity contribution >= 4 is 11.8 Å². The third-order valence-corrected chi connectivity index (χ3v) is 6.68. The summed E-state index contributed by atoms with van der Waals surface area (Å²) in [5.41, 5.74) is 6.30. The zero-order valence-corrected chi connectivity index (χ0v) is 19.9. The van der Waals surface area contributed by atoms with Crippen molar-refractivity contribution in [1.82, 2.24) is 15.2 Å². The highest BCUT2D eigenvalue weighted by molar-refractivity contribution is 5.93. The van der Waals surface area contributed by atoms with Crippen LogP contribution in [0.3, 0.4) is 0 Å². The number of morpholine rings is 1. The molecule has 5 rings (SSSR count). The number of rotatable bonds is 8. The van der Waals surface area contributed by atoms with Crippen LogP contribution >= 0.6 is 0 Å². The first-order valence-corrected chi connectivity index (χ1v) is 12.1. The normalized spacial score (nSPS) is 22.4. The van der Waals surface area contributed by atoms with Gasteiger partial charge in [0, 0.05) is 42.4 Å². The third kappa shape index (κ3) is 5.17. The molecular weight excluding hydrogens is 463 g/mol. The average molecular weight is 493 g/mol. The molecule has 1 unspecified atom stereocenters. The molecule has 8 nitrogen and oxygen atoms in total. The van der Waals surface area contributed by atoms with Crippen LogP contribution in [0.5, 0.6) is 0 Å². The van der Waals surface area contributed by atoms with Crippen LogP contribution in [0, 0.1) is 5.82 Å². The quantitative estimate of drug-likeness (QED) is 0.586. The van der Waals surface area contributed by atoms with Crippen LogP contribution in [0.25, 0.3) is 11.3 Å². The van der Waals surface area contributed by atoms with Gasteiger partial charge in [-0.3, -0.25) is 19.5 Å². The molecule has 36 heavy (non-hydrogen) atoms. The summed E-state index contributed by atoms with van der Waals surface area (Å²) in [6.45, 7) is 2.65. The summed E-state index contributed by atoms with van der Waals surface area (Å²) in [6, 6.07) is 9.91. The lowest BCUT2D eigenvalue weighted by Gasteiger charge is -2.39. The maximum atomic E-state index is 14.4. The maximum absolute atomic E-state index is 14.4. The summed E-state index contributed by atoms with van der Waals surface area (Å²) in [4.78, 5) is 32.1. The number of hydrogen-bond donors (Lipinski definition) is 2. The number of nitrogens with two attached hydrogens (primary N) is 1. The lowest BCUT2D eigenvalue weighted by atomic mass is 9.78. The largest absolute Gasteiger partial charge is 0.492 e. The van der Waals surface area contributed by atoms with Crippen molar-refractivity contribution in [2.45, 2.75) is 30.9 Å². The van der Waals surface area contributed by atoms with Gasteiger partial charge in [-0.25, -0.2) is 4.39 Å². The molecule has 2 heterocycles. The van der Waals surface area contributed by atoms with Crippen molar-refractivity contribution < 1.29 is 23.5 Å². The van der Waals surface area contributed by atoms with E-state index in [1.165, 1.54) is 6.07 Å². The number of carbonyl (C=O) groups is 2. The Morgan fingerprint density at radius 2 is 1.94 bits per heavy atom. The summed E-state index contributed by atoms with van der Waals surface area (Å²) in [5.74, 6) is -0.628. The Balaban J connectivity index is 1.51. The van der Waals surface area contributed by atoms with E-state index in [2.05, 4.69) is 10.3 Å².